The van der Waals surface area contributed by atoms with Gasteiger partial charge < -0.3 is 9.32 Å². The van der Waals surface area contributed by atoms with Gasteiger partial charge in [0.1, 0.15) is 11.2 Å². The zero-order chi connectivity index (χ0) is 41.5. The number of fused-ring (bicyclic) bond motifs is 13. The normalized spacial score (nSPS) is 12.9. The lowest BCUT2D eigenvalue weighted by Gasteiger charge is -2.32. The molecule has 0 N–H and O–H groups in total. The molecule has 1 heterocycles. The average Bonchev–Trinajstić information content (AvgIpc) is 3.99. The van der Waals surface area contributed by atoms with Crippen molar-refractivity contribution in [2.75, 3.05) is 4.90 Å². The summed E-state index contributed by atoms with van der Waals surface area (Å²) in [5, 5.41) is 2.23. The minimum atomic E-state index is -0.442. The Morgan fingerprint density at radius 1 is 0.317 bits per heavy atom. The second-order valence-corrected chi connectivity index (χ2v) is 16.7. The fourth-order valence-corrected chi connectivity index (χ4v) is 10.8. The molecule has 294 valence electrons. The van der Waals surface area contributed by atoms with E-state index in [-0.39, 0.29) is 0 Å². The summed E-state index contributed by atoms with van der Waals surface area (Å²) >= 11 is 0. The first-order chi connectivity index (χ1) is 31.3. The number of para-hydroxylation sites is 1. The van der Waals surface area contributed by atoms with Crippen LogP contribution in [0.25, 0.3) is 77.6 Å². The van der Waals surface area contributed by atoms with E-state index in [4.69, 9.17) is 4.42 Å². The van der Waals surface area contributed by atoms with Crippen molar-refractivity contribution in [3.05, 3.63) is 259 Å². The molecule has 10 aromatic carbocycles. The molecule has 11 aromatic rings. The zero-order valence-electron chi connectivity index (χ0n) is 34.4. The van der Waals surface area contributed by atoms with E-state index in [2.05, 4.69) is 241 Å². The van der Waals surface area contributed by atoms with Crippen molar-refractivity contribution in [3.8, 4) is 55.6 Å². The molecule has 0 saturated heterocycles. The van der Waals surface area contributed by atoms with Gasteiger partial charge in [-0.15, -0.1) is 0 Å². The first-order valence-electron chi connectivity index (χ1n) is 21.8. The molecule has 0 radical (unpaired) electrons. The van der Waals surface area contributed by atoms with Crippen molar-refractivity contribution in [1.82, 2.24) is 0 Å². The van der Waals surface area contributed by atoms with Crippen LogP contribution in [0.4, 0.5) is 17.1 Å². The summed E-state index contributed by atoms with van der Waals surface area (Å²) in [4.78, 5) is 2.47. The zero-order valence-corrected chi connectivity index (χ0v) is 34.4. The molecule has 0 amide bonds. The van der Waals surface area contributed by atoms with E-state index in [0.717, 1.165) is 61.3 Å². The summed E-state index contributed by atoms with van der Waals surface area (Å²) in [5.41, 5.74) is 22.1. The lowest BCUT2D eigenvalue weighted by Crippen LogP contribution is -2.26. The smallest absolute Gasteiger partial charge is 0.143 e. The molecule has 63 heavy (non-hydrogen) atoms. The molecule has 0 atom stereocenters. The summed E-state index contributed by atoms with van der Waals surface area (Å²) in [6.07, 6.45) is 0. The van der Waals surface area contributed by atoms with Crippen molar-refractivity contribution in [2.24, 2.45) is 0 Å². The highest BCUT2D eigenvalue weighted by Gasteiger charge is 2.52. The topological polar surface area (TPSA) is 16.4 Å². The molecular formula is C61H39NO. The number of rotatable bonds is 6. The fourth-order valence-electron chi connectivity index (χ4n) is 10.8. The van der Waals surface area contributed by atoms with Gasteiger partial charge in [0.15, 0.2) is 0 Å². The van der Waals surface area contributed by atoms with Crippen LogP contribution >= 0.6 is 0 Å². The quantitative estimate of drug-likeness (QED) is 0.167. The maximum atomic E-state index is 6.59. The summed E-state index contributed by atoms with van der Waals surface area (Å²) in [6.45, 7) is 0. The number of hydrogen-bond donors (Lipinski definition) is 0. The molecule has 0 bridgehead atoms. The Morgan fingerprint density at radius 2 is 0.841 bits per heavy atom. The third-order valence-corrected chi connectivity index (χ3v) is 13.5. The first-order valence-corrected chi connectivity index (χ1v) is 21.8. The minimum Gasteiger partial charge on any atom is -0.455 e. The molecule has 0 fully saturated rings. The van der Waals surface area contributed by atoms with Crippen molar-refractivity contribution in [3.63, 3.8) is 0 Å². The highest BCUT2D eigenvalue weighted by Crippen LogP contribution is 2.64. The molecular weight excluding hydrogens is 763 g/mol. The van der Waals surface area contributed by atoms with E-state index in [1.165, 1.54) is 55.6 Å². The monoisotopic (exact) mass is 801 g/mol. The Hall–Kier alpha value is -8.20. The van der Waals surface area contributed by atoms with Crippen LogP contribution in [0.2, 0.25) is 0 Å². The lowest BCUT2D eigenvalue weighted by molar-refractivity contribution is 0.670. The molecule has 0 unspecified atom stereocenters. The van der Waals surface area contributed by atoms with Crippen LogP contribution in [0.1, 0.15) is 22.3 Å². The molecule has 2 heteroatoms. The van der Waals surface area contributed by atoms with Crippen LogP contribution in [0.5, 0.6) is 0 Å². The van der Waals surface area contributed by atoms with Gasteiger partial charge in [-0.2, -0.15) is 0 Å². The van der Waals surface area contributed by atoms with Gasteiger partial charge >= 0.3 is 0 Å². The van der Waals surface area contributed by atoms with Gasteiger partial charge in [-0.3, -0.25) is 0 Å². The highest BCUT2D eigenvalue weighted by atomic mass is 16.3. The van der Waals surface area contributed by atoms with Gasteiger partial charge in [-0.25, -0.2) is 0 Å². The van der Waals surface area contributed by atoms with Crippen molar-refractivity contribution >= 4 is 39.0 Å². The van der Waals surface area contributed by atoms with Crippen molar-refractivity contribution in [2.45, 2.75) is 5.41 Å². The second kappa shape index (κ2) is 13.9. The van der Waals surface area contributed by atoms with Crippen LogP contribution in [0.3, 0.4) is 0 Å². The largest absolute Gasteiger partial charge is 0.455 e. The van der Waals surface area contributed by atoms with Crippen LogP contribution in [0.15, 0.2) is 241 Å². The molecule has 2 aliphatic carbocycles. The van der Waals surface area contributed by atoms with Crippen LogP contribution in [0, 0.1) is 0 Å². The standard InChI is InChI=1S/C61H39NO/c1-3-16-40(17-4-1)41-32-35-45(36-33-41)62(46-21-13-20-43(38-46)44-34-37-58-52(39-44)50-26-14-25-47(60(50)63-58)42-18-5-2-6-19-42)57-31-15-30-56-59(57)51-24-9-12-29-55(51)61(56)53-27-10-7-22-48(53)49-23-8-11-28-54(49)61/h1-39H. The predicted molar refractivity (Wildman–Crippen MR) is 261 cm³/mol. The SMILES string of the molecule is c1ccc(-c2ccc(N(c3cccc(-c4ccc5oc6c(-c7ccccc7)cccc6c5c4)c3)c3cccc4c3-c3ccccc3C43c4ccccc4-c4ccccc43)cc2)cc1. The van der Waals surface area contributed by atoms with Gasteiger partial charge in [-0.05, 0) is 109 Å². The van der Waals surface area contributed by atoms with Gasteiger partial charge in [0.25, 0.3) is 0 Å². The summed E-state index contributed by atoms with van der Waals surface area (Å²) in [5.74, 6) is 0. The van der Waals surface area contributed by atoms with Gasteiger partial charge in [-0.1, -0.05) is 194 Å². The van der Waals surface area contributed by atoms with Crippen molar-refractivity contribution < 1.29 is 4.42 Å². The third-order valence-electron chi connectivity index (χ3n) is 13.5. The van der Waals surface area contributed by atoms with Gasteiger partial charge in [0.2, 0.25) is 0 Å². The first kappa shape index (κ1) is 35.5. The van der Waals surface area contributed by atoms with E-state index >= 15 is 0 Å². The Bertz CT molecular complexity index is 3520. The van der Waals surface area contributed by atoms with E-state index in [1.807, 2.05) is 0 Å². The molecule has 1 spiro atoms. The number of hydrogen-bond acceptors (Lipinski definition) is 2. The molecule has 2 nitrogen and oxygen atoms in total. The molecule has 2 aliphatic rings. The number of benzene rings is 10. The number of anilines is 3. The second-order valence-electron chi connectivity index (χ2n) is 16.7. The molecule has 0 saturated carbocycles. The molecule has 13 rings (SSSR count). The van der Waals surface area contributed by atoms with E-state index in [1.54, 1.807) is 0 Å². The summed E-state index contributed by atoms with van der Waals surface area (Å²) in [7, 11) is 0. The maximum Gasteiger partial charge on any atom is 0.143 e. The summed E-state index contributed by atoms with van der Waals surface area (Å²) in [6, 6.07) is 86.4. The van der Waals surface area contributed by atoms with Crippen LogP contribution in [-0.2, 0) is 5.41 Å². The van der Waals surface area contributed by atoms with Gasteiger partial charge in [0, 0.05) is 33.3 Å². The predicted octanol–water partition coefficient (Wildman–Crippen LogP) is 16.4. The van der Waals surface area contributed by atoms with Gasteiger partial charge in [0.05, 0.1) is 11.1 Å². The number of nitrogens with zero attached hydrogens (tertiary/aromatic N) is 1. The van der Waals surface area contributed by atoms with Crippen molar-refractivity contribution in [1.29, 1.82) is 0 Å². The number of furan rings is 1. The van der Waals surface area contributed by atoms with E-state index < -0.39 is 5.41 Å². The van der Waals surface area contributed by atoms with E-state index in [0.29, 0.717) is 0 Å². The molecule has 0 aliphatic heterocycles. The Balaban J connectivity index is 1.01. The van der Waals surface area contributed by atoms with Crippen LogP contribution < -0.4 is 4.90 Å². The van der Waals surface area contributed by atoms with E-state index in [9.17, 15) is 0 Å². The lowest BCUT2D eigenvalue weighted by atomic mass is 9.70. The minimum absolute atomic E-state index is 0.442. The average molecular weight is 802 g/mol. The summed E-state index contributed by atoms with van der Waals surface area (Å²) < 4.78 is 6.59. The Morgan fingerprint density at radius 3 is 1.57 bits per heavy atom. The Labute approximate surface area is 366 Å². The molecule has 1 aromatic heterocycles. The van der Waals surface area contributed by atoms with Crippen LogP contribution in [-0.4, -0.2) is 0 Å². The Kier molecular flexibility index (Phi) is 7.85. The third kappa shape index (κ3) is 5.25. The highest BCUT2D eigenvalue weighted by molar-refractivity contribution is 6.11. The fraction of sp³-hybridized carbons (Fsp3) is 0.0164. The maximum absolute atomic E-state index is 6.59.